The zero-order chi connectivity index (χ0) is 39.8. The highest BCUT2D eigenvalue weighted by molar-refractivity contribution is 6.09. The molecule has 7 aromatic carbocycles. The lowest BCUT2D eigenvalue weighted by Gasteiger charge is -2.17. The highest BCUT2D eigenvalue weighted by Crippen LogP contribution is 2.37. The number of rotatable bonds is 17. The van der Waals surface area contributed by atoms with E-state index in [0.29, 0.717) is 0 Å². The van der Waals surface area contributed by atoms with Crippen molar-refractivity contribution in [2.24, 2.45) is 0 Å². The quantitative estimate of drug-likeness (QED) is 0.0525. The molecule has 0 N–H and O–H groups in total. The minimum atomic E-state index is 0.777. The third-order valence-corrected chi connectivity index (χ3v) is 12.5. The second-order valence-corrected chi connectivity index (χ2v) is 16.8. The van der Waals surface area contributed by atoms with Gasteiger partial charge in [0.2, 0.25) is 0 Å². The molecule has 58 heavy (non-hydrogen) atoms. The number of aromatic nitrogens is 2. The summed E-state index contributed by atoms with van der Waals surface area (Å²) in [5, 5.41) is 9.99. The first-order valence-electron chi connectivity index (χ1n) is 22.4. The number of hydrogen-bond acceptors (Lipinski definition) is 2. The van der Waals surface area contributed by atoms with Gasteiger partial charge in [0.1, 0.15) is 0 Å². The summed E-state index contributed by atoms with van der Waals surface area (Å²) in [6.07, 6.45) is 17.7. The predicted molar refractivity (Wildman–Crippen MR) is 252 cm³/mol. The van der Waals surface area contributed by atoms with Gasteiger partial charge in [-0.2, -0.15) is 0 Å². The first kappa shape index (κ1) is 39.5. The summed E-state index contributed by atoms with van der Waals surface area (Å²) in [6, 6.07) is 45.3. The van der Waals surface area contributed by atoms with Crippen molar-refractivity contribution in [2.45, 2.75) is 118 Å². The molecule has 0 aliphatic heterocycles. The smallest absolute Gasteiger partial charge is 0.160 e. The molecule has 0 atom stereocenters. The molecule has 0 radical (unpaired) electrons. The number of benzene rings is 7. The fraction of sp³-hybridized carbons (Fsp3) is 0.321. The van der Waals surface area contributed by atoms with Gasteiger partial charge in [0, 0.05) is 16.7 Å². The molecule has 8 aromatic rings. The van der Waals surface area contributed by atoms with Gasteiger partial charge in [-0.3, -0.25) is 0 Å². The van der Waals surface area contributed by atoms with E-state index >= 15 is 0 Å². The lowest BCUT2D eigenvalue weighted by atomic mass is 9.90. The summed E-state index contributed by atoms with van der Waals surface area (Å²) in [5.41, 5.74) is 11.1. The van der Waals surface area contributed by atoms with Crippen LogP contribution in [0, 0.1) is 13.8 Å². The molecule has 0 amide bonds. The fourth-order valence-corrected chi connectivity index (χ4v) is 9.14. The van der Waals surface area contributed by atoms with Gasteiger partial charge in [-0.25, -0.2) is 9.97 Å². The molecule has 0 aliphatic rings. The lowest BCUT2D eigenvalue weighted by Crippen LogP contribution is -2.02. The van der Waals surface area contributed by atoms with Crippen LogP contribution in [0.4, 0.5) is 0 Å². The molecule has 0 bridgehead atoms. The molecule has 0 fully saturated rings. The van der Waals surface area contributed by atoms with Crippen molar-refractivity contribution in [3.8, 4) is 33.9 Å². The molecule has 2 nitrogen and oxygen atoms in total. The average Bonchev–Trinajstić information content (AvgIpc) is 3.25. The molecule has 0 unspecified atom stereocenters. The van der Waals surface area contributed by atoms with Crippen LogP contribution in [-0.2, 0) is 12.8 Å². The number of hydrogen-bond donors (Lipinski definition) is 0. The van der Waals surface area contributed by atoms with E-state index in [0.717, 1.165) is 41.2 Å². The maximum Gasteiger partial charge on any atom is 0.160 e. The molecule has 1 aromatic heterocycles. The maximum atomic E-state index is 5.55. The van der Waals surface area contributed by atoms with Crippen LogP contribution in [0.3, 0.4) is 0 Å². The van der Waals surface area contributed by atoms with Crippen molar-refractivity contribution in [3.05, 3.63) is 144 Å². The van der Waals surface area contributed by atoms with E-state index in [1.807, 2.05) is 0 Å². The summed E-state index contributed by atoms with van der Waals surface area (Å²) in [5.74, 6) is 0.777. The molecule has 0 saturated heterocycles. The van der Waals surface area contributed by atoms with E-state index in [-0.39, 0.29) is 0 Å². The Bertz CT molecular complexity index is 2680. The van der Waals surface area contributed by atoms with Gasteiger partial charge in [0.15, 0.2) is 5.82 Å². The molecular formula is C56H60N2. The first-order valence-corrected chi connectivity index (χ1v) is 22.4. The monoisotopic (exact) mass is 760 g/mol. The molecule has 0 saturated carbocycles. The highest BCUT2D eigenvalue weighted by Gasteiger charge is 2.18. The van der Waals surface area contributed by atoms with Crippen LogP contribution in [-0.4, -0.2) is 9.97 Å². The van der Waals surface area contributed by atoms with Crippen molar-refractivity contribution in [2.75, 3.05) is 0 Å². The number of aryl methyl sites for hydroxylation is 4. The van der Waals surface area contributed by atoms with Crippen molar-refractivity contribution in [1.82, 2.24) is 9.97 Å². The second-order valence-electron chi connectivity index (χ2n) is 16.8. The summed E-state index contributed by atoms with van der Waals surface area (Å²) in [7, 11) is 0. The standard InChI is InChI=1S/C56H60N2/c1-5-7-9-11-13-15-23-43-34-53(44(33-40(43)4)24-16-14-12-10-8-6-2)55-38-54(49-28-20-26-46-35-50-39(3)21-19-25-45(50)36-52(46)49)57-56(58-55)47-32-31-42-30-29-41-22-17-18-27-48(41)51(42)37-47/h17-22,25-38H,5-16,23-24H2,1-4H3. The first-order chi connectivity index (χ1) is 28.5. The largest absolute Gasteiger partial charge is 0.228 e. The Morgan fingerprint density at radius 3 is 1.72 bits per heavy atom. The van der Waals surface area contributed by atoms with E-state index in [2.05, 4.69) is 149 Å². The number of unbranched alkanes of at least 4 members (excludes halogenated alkanes) is 10. The minimum absolute atomic E-state index is 0.777. The molecule has 294 valence electrons. The lowest BCUT2D eigenvalue weighted by molar-refractivity contribution is 0.605. The van der Waals surface area contributed by atoms with Crippen molar-refractivity contribution in [1.29, 1.82) is 0 Å². The van der Waals surface area contributed by atoms with Gasteiger partial charge in [-0.15, -0.1) is 0 Å². The van der Waals surface area contributed by atoms with Crippen molar-refractivity contribution >= 4 is 43.1 Å². The van der Waals surface area contributed by atoms with E-state index < -0.39 is 0 Å². The Hall–Kier alpha value is -5.34. The Morgan fingerprint density at radius 1 is 0.379 bits per heavy atom. The summed E-state index contributed by atoms with van der Waals surface area (Å²) in [4.78, 5) is 11.0. The van der Waals surface area contributed by atoms with Gasteiger partial charge in [0.05, 0.1) is 11.4 Å². The molecule has 1 heterocycles. The second kappa shape index (κ2) is 18.5. The highest BCUT2D eigenvalue weighted by atomic mass is 14.9. The van der Waals surface area contributed by atoms with Crippen LogP contribution in [0.25, 0.3) is 77.0 Å². The van der Waals surface area contributed by atoms with Crippen LogP contribution in [0.1, 0.15) is 113 Å². The molecule has 2 heteroatoms. The van der Waals surface area contributed by atoms with Crippen molar-refractivity contribution in [3.63, 3.8) is 0 Å². The topological polar surface area (TPSA) is 25.8 Å². The summed E-state index contributed by atoms with van der Waals surface area (Å²) >= 11 is 0. The van der Waals surface area contributed by atoms with Crippen LogP contribution in [0.15, 0.2) is 121 Å². The Balaban J connectivity index is 1.29. The van der Waals surface area contributed by atoms with E-state index in [1.54, 1.807) is 0 Å². The SMILES string of the molecule is CCCCCCCCc1cc(-c2cc(-c3cccc4cc5c(C)cccc5cc34)nc(-c3ccc4ccc5ccccc5c4c3)n2)c(CCCCCCCC)cc1C. The van der Waals surface area contributed by atoms with Gasteiger partial charge < -0.3 is 0 Å². The molecule has 0 aliphatic carbocycles. The Morgan fingerprint density at radius 2 is 0.966 bits per heavy atom. The van der Waals surface area contributed by atoms with Gasteiger partial charge >= 0.3 is 0 Å². The van der Waals surface area contributed by atoms with Crippen molar-refractivity contribution < 1.29 is 0 Å². The van der Waals surface area contributed by atoms with E-state index in [9.17, 15) is 0 Å². The predicted octanol–water partition coefficient (Wildman–Crippen LogP) is 16.5. The van der Waals surface area contributed by atoms with Gasteiger partial charge in [0.25, 0.3) is 0 Å². The van der Waals surface area contributed by atoms with Gasteiger partial charge in [-0.1, -0.05) is 169 Å². The minimum Gasteiger partial charge on any atom is -0.228 e. The maximum absolute atomic E-state index is 5.55. The molecule has 8 rings (SSSR count). The Labute approximate surface area is 346 Å². The van der Waals surface area contributed by atoms with Crippen LogP contribution in [0.2, 0.25) is 0 Å². The zero-order valence-corrected chi connectivity index (χ0v) is 35.3. The van der Waals surface area contributed by atoms with Crippen LogP contribution >= 0.6 is 0 Å². The third kappa shape index (κ3) is 8.73. The van der Waals surface area contributed by atoms with Crippen LogP contribution < -0.4 is 0 Å². The molecular weight excluding hydrogens is 701 g/mol. The number of fused-ring (bicyclic) bond motifs is 5. The van der Waals surface area contributed by atoms with Crippen LogP contribution in [0.5, 0.6) is 0 Å². The Kier molecular flexibility index (Phi) is 12.6. The summed E-state index contributed by atoms with van der Waals surface area (Å²) in [6.45, 7) is 9.14. The third-order valence-electron chi connectivity index (χ3n) is 12.5. The fourth-order valence-electron chi connectivity index (χ4n) is 9.14. The summed E-state index contributed by atoms with van der Waals surface area (Å²) < 4.78 is 0. The zero-order valence-electron chi connectivity index (χ0n) is 35.3. The molecule has 0 spiro atoms. The van der Waals surface area contributed by atoms with E-state index in [1.165, 1.54) is 148 Å². The normalized spacial score (nSPS) is 11.7. The number of nitrogens with zero attached hydrogens (tertiary/aromatic N) is 2. The van der Waals surface area contributed by atoms with E-state index in [4.69, 9.17) is 9.97 Å². The average molecular weight is 761 g/mol. The van der Waals surface area contributed by atoms with Gasteiger partial charge in [-0.05, 0) is 135 Å².